The first-order chi connectivity index (χ1) is 9.38. The molecule has 0 spiro atoms. The van der Waals surface area contributed by atoms with Gasteiger partial charge in [0.25, 0.3) is 0 Å². The fraction of sp³-hybridized carbons (Fsp3) is 0.538. The van der Waals surface area contributed by atoms with Gasteiger partial charge in [0.1, 0.15) is 10.6 Å². The minimum atomic E-state index is -3.72. The predicted molar refractivity (Wildman–Crippen MR) is 75.2 cm³/mol. The van der Waals surface area contributed by atoms with Crippen LogP contribution >= 0.6 is 0 Å². The standard InChI is InChI=1S/C13H21NO5S/c1-10(9-18-3)14(2)20(16,17)13-7-11(8-15)5-6-12(13)19-4/h5-7,10,15H,8-9H2,1-4H3. The number of ether oxygens (including phenoxy) is 2. The molecule has 6 nitrogen and oxygen atoms in total. The zero-order valence-corrected chi connectivity index (χ0v) is 13.0. The van der Waals surface area contributed by atoms with Gasteiger partial charge < -0.3 is 14.6 Å². The second-order valence-corrected chi connectivity index (χ2v) is 6.43. The van der Waals surface area contributed by atoms with Crippen LogP contribution in [0.1, 0.15) is 12.5 Å². The van der Waals surface area contributed by atoms with Crippen LogP contribution in [0.4, 0.5) is 0 Å². The first-order valence-corrected chi connectivity index (χ1v) is 7.57. The summed E-state index contributed by atoms with van der Waals surface area (Å²) < 4.78 is 36.5. The molecule has 0 amide bonds. The van der Waals surface area contributed by atoms with Crippen LogP contribution in [-0.2, 0) is 21.4 Å². The molecule has 7 heteroatoms. The van der Waals surface area contributed by atoms with E-state index in [1.165, 1.54) is 37.7 Å². The van der Waals surface area contributed by atoms with Gasteiger partial charge in [-0.1, -0.05) is 6.07 Å². The van der Waals surface area contributed by atoms with E-state index in [1.54, 1.807) is 13.0 Å². The van der Waals surface area contributed by atoms with Gasteiger partial charge in [0, 0.05) is 20.2 Å². The molecule has 20 heavy (non-hydrogen) atoms. The van der Waals surface area contributed by atoms with Crippen molar-refractivity contribution in [3.05, 3.63) is 23.8 Å². The third-order valence-electron chi connectivity index (χ3n) is 3.10. The van der Waals surface area contributed by atoms with Gasteiger partial charge >= 0.3 is 0 Å². The van der Waals surface area contributed by atoms with Crippen molar-refractivity contribution >= 4 is 10.0 Å². The molecule has 0 aliphatic carbocycles. The van der Waals surface area contributed by atoms with Gasteiger partial charge in [-0.05, 0) is 24.6 Å². The topological polar surface area (TPSA) is 76.1 Å². The highest BCUT2D eigenvalue weighted by Crippen LogP contribution is 2.28. The maximum atomic E-state index is 12.6. The number of nitrogens with zero attached hydrogens (tertiary/aromatic N) is 1. The van der Waals surface area contributed by atoms with Gasteiger partial charge in [-0.2, -0.15) is 4.31 Å². The Hall–Kier alpha value is -1.15. The normalized spacial score (nSPS) is 13.5. The Morgan fingerprint density at radius 1 is 1.35 bits per heavy atom. The molecule has 0 saturated heterocycles. The molecule has 0 aromatic heterocycles. The Kier molecular flexibility index (Phi) is 5.94. The molecular formula is C13H21NO5S. The highest BCUT2D eigenvalue weighted by atomic mass is 32.2. The number of likely N-dealkylation sites (N-methyl/N-ethyl adjacent to an activating group) is 1. The third-order valence-corrected chi connectivity index (χ3v) is 5.09. The molecule has 0 fully saturated rings. The molecule has 0 aliphatic heterocycles. The molecule has 1 aromatic carbocycles. The first-order valence-electron chi connectivity index (χ1n) is 6.13. The number of hydrogen-bond acceptors (Lipinski definition) is 5. The second-order valence-electron chi connectivity index (χ2n) is 4.47. The van der Waals surface area contributed by atoms with Crippen molar-refractivity contribution in [2.75, 3.05) is 27.9 Å². The summed E-state index contributed by atoms with van der Waals surface area (Å²) in [7, 11) is 0.698. The Bertz CT molecular complexity index is 544. The summed E-state index contributed by atoms with van der Waals surface area (Å²) in [4.78, 5) is 0.0389. The molecule has 1 rings (SSSR count). The molecular weight excluding hydrogens is 282 g/mol. The fourth-order valence-electron chi connectivity index (χ4n) is 1.76. The lowest BCUT2D eigenvalue weighted by molar-refractivity contribution is 0.149. The van der Waals surface area contributed by atoms with Crippen LogP contribution in [0.2, 0.25) is 0 Å². The number of sulfonamides is 1. The van der Waals surface area contributed by atoms with E-state index >= 15 is 0 Å². The van der Waals surface area contributed by atoms with E-state index in [9.17, 15) is 8.42 Å². The smallest absolute Gasteiger partial charge is 0.246 e. The van der Waals surface area contributed by atoms with E-state index in [4.69, 9.17) is 14.6 Å². The SMILES string of the molecule is COCC(C)N(C)S(=O)(=O)c1cc(CO)ccc1OC. The van der Waals surface area contributed by atoms with Crippen LogP contribution in [0.5, 0.6) is 5.75 Å². The van der Waals surface area contributed by atoms with Gasteiger partial charge in [-0.25, -0.2) is 8.42 Å². The van der Waals surface area contributed by atoms with Crippen molar-refractivity contribution in [1.82, 2.24) is 4.31 Å². The molecule has 0 saturated carbocycles. The second kappa shape index (κ2) is 7.03. The molecule has 1 N–H and O–H groups in total. The highest BCUT2D eigenvalue weighted by Gasteiger charge is 2.28. The van der Waals surface area contributed by atoms with Crippen LogP contribution in [0.25, 0.3) is 0 Å². The molecule has 0 heterocycles. The molecule has 0 bridgehead atoms. The average Bonchev–Trinajstić information content (AvgIpc) is 2.45. The molecule has 1 unspecified atom stereocenters. The number of aliphatic hydroxyl groups is 1. The zero-order chi connectivity index (χ0) is 15.3. The third kappa shape index (κ3) is 3.49. The van der Waals surface area contributed by atoms with Gasteiger partial charge in [0.05, 0.1) is 20.3 Å². The molecule has 0 radical (unpaired) electrons. The van der Waals surface area contributed by atoms with Crippen molar-refractivity contribution in [3.63, 3.8) is 0 Å². The summed E-state index contributed by atoms with van der Waals surface area (Å²) in [6, 6.07) is 4.26. The monoisotopic (exact) mass is 303 g/mol. The minimum Gasteiger partial charge on any atom is -0.495 e. The van der Waals surface area contributed by atoms with Crippen LogP contribution in [0.15, 0.2) is 23.1 Å². The van der Waals surface area contributed by atoms with Crippen molar-refractivity contribution in [2.45, 2.75) is 24.5 Å². The van der Waals surface area contributed by atoms with Gasteiger partial charge in [0.15, 0.2) is 0 Å². The van der Waals surface area contributed by atoms with E-state index in [-0.39, 0.29) is 29.9 Å². The number of hydrogen-bond donors (Lipinski definition) is 1. The Balaban J connectivity index is 3.26. The van der Waals surface area contributed by atoms with Crippen LogP contribution in [-0.4, -0.2) is 51.7 Å². The maximum Gasteiger partial charge on any atom is 0.246 e. The Labute approximate surface area is 120 Å². The largest absolute Gasteiger partial charge is 0.495 e. The summed E-state index contributed by atoms with van der Waals surface area (Å²) in [5, 5.41) is 9.15. The van der Waals surface area contributed by atoms with Crippen LogP contribution < -0.4 is 4.74 Å². The summed E-state index contributed by atoms with van der Waals surface area (Å²) in [6.45, 7) is 1.81. The maximum absolute atomic E-state index is 12.6. The van der Waals surface area contributed by atoms with Crippen molar-refractivity contribution in [3.8, 4) is 5.75 Å². The highest BCUT2D eigenvalue weighted by molar-refractivity contribution is 7.89. The summed E-state index contributed by atoms with van der Waals surface area (Å²) in [5.74, 6) is 0.249. The van der Waals surface area contributed by atoms with Gasteiger partial charge in [0.2, 0.25) is 10.0 Å². The Morgan fingerprint density at radius 2 is 2.00 bits per heavy atom. The number of rotatable bonds is 7. The van der Waals surface area contributed by atoms with E-state index in [2.05, 4.69) is 0 Å². The number of aliphatic hydroxyl groups excluding tert-OH is 1. The number of benzene rings is 1. The van der Waals surface area contributed by atoms with Crippen molar-refractivity contribution < 1.29 is 23.0 Å². The predicted octanol–water partition coefficient (Wildman–Crippen LogP) is 0.843. The summed E-state index contributed by atoms with van der Waals surface area (Å²) >= 11 is 0. The van der Waals surface area contributed by atoms with E-state index < -0.39 is 10.0 Å². The van der Waals surface area contributed by atoms with Crippen LogP contribution in [0.3, 0.4) is 0 Å². The molecule has 1 aromatic rings. The summed E-state index contributed by atoms with van der Waals surface area (Å²) in [6.07, 6.45) is 0. The molecule has 0 aliphatic rings. The fourth-order valence-corrected chi connectivity index (χ4v) is 3.31. The molecule has 1 atom stereocenters. The van der Waals surface area contributed by atoms with Gasteiger partial charge in [-0.3, -0.25) is 0 Å². The number of methoxy groups -OCH3 is 2. The lowest BCUT2D eigenvalue weighted by Gasteiger charge is -2.24. The van der Waals surface area contributed by atoms with E-state index in [0.29, 0.717) is 5.56 Å². The average molecular weight is 303 g/mol. The Morgan fingerprint density at radius 3 is 2.50 bits per heavy atom. The van der Waals surface area contributed by atoms with Crippen LogP contribution in [0, 0.1) is 0 Å². The molecule has 114 valence electrons. The summed E-state index contributed by atoms with van der Waals surface area (Å²) in [5.41, 5.74) is 0.511. The van der Waals surface area contributed by atoms with Crippen molar-refractivity contribution in [1.29, 1.82) is 0 Å². The lowest BCUT2D eigenvalue weighted by atomic mass is 10.2. The van der Waals surface area contributed by atoms with E-state index in [1.807, 2.05) is 0 Å². The quantitative estimate of drug-likeness (QED) is 0.808. The van der Waals surface area contributed by atoms with Gasteiger partial charge in [-0.15, -0.1) is 0 Å². The zero-order valence-electron chi connectivity index (χ0n) is 12.2. The lowest BCUT2D eigenvalue weighted by Crippen LogP contribution is -2.38. The van der Waals surface area contributed by atoms with Crippen molar-refractivity contribution in [2.24, 2.45) is 0 Å². The van der Waals surface area contributed by atoms with E-state index in [0.717, 1.165) is 0 Å². The first kappa shape index (κ1) is 16.9. The minimum absolute atomic E-state index is 0.0389.